The van der Waals surface area contributed by atoms with E-state index in [0.29, 0.717) is 11.7 Å². The number of ether oxygens (including phenoxy) is 1. The van der Waals surface area contributed by atoms with Crippen molar-refractivity contribution in [3.05, 3.63) is 58.1 Å². The molecule has 0 radical (unpaired) electrons. The van der Waals surface area contributed by atoms with Crippen molar-refractivity contribution < 1.29 is 9.84 Å². The van der Waals surface area contributed by atoms with E-state index in [1.54, 1.807) is 0 Å². The summed E-state index contributed by atoms with van der Waals surface area (Å²) in [5.74, 6) is 1.78. The Hall–Kier alpha value is -1.51. The number of halogens is 1. The summed E-state index contributed by atoms with van der Waals surface area (Å²) >= 11 is 6.26. The van der Waals surface area contributed by atoms with Gasteiger partial charge >= 0.3 is 0 Å². The minimum Gasteiger partial charge on any atom is -0.457 e. The van der Waals surface area contributed by atoms with Crippen LogP contribution in [0.15, 0.2) is 36.4 Å². The third-order valence-corrected chi connectivity index (χ3v) is 3.61. The standard InChI is InChI=1S/C17H19ClO2/c1-11(2)14-9-17(12(3)8-15(14)18)20-16-7-5-4-6-13(16)10-19/h4-9,11,19H,10H2,1-3H3. The highest BCUT2D eigenvalue weighted by Crippen LogP contribution is 2.34. The van der Waals surface area contributed by atoms with Crippen molar-refractivity contribution >= 4 is 11.6 Å². The van der Waals surface area contributed by atoms with Crippen LogP contribution in [0.25, 0.3) is 0 Å². The number of para-hydroxylation sites is 1. The molecule has 0 unspecified atom stereocenters. The molecule has 0 saturated carbocycles. The van der Waals surface area contributed by atoms with Gasteiger partial charge in [-0.3, -0.25) is 0 Å². The molecule has 0 heterocycles. The number of aryl methyl sites for hydroxylation is 1. The van der Waals surface area contributed by atoms with Crippen molar-refractivity contribution in [2.75, 3.05) is 0 Å². The predicted octanol–water partition coefficient (Wildman–Crippen LogP) is 5.06. The quantitative estimate of drug-likeness (QED) is 0.853. The first-order valence-corrected chi connectivity index (χ1v) is 7.07. The van der Waals surface area contributed by atoms with Crippen LogP contribution < -0.4 is 4.74 Å². The molecule has 2 aromatic rings. The first-order valence-electron chi connectivity index (χ1n) is 6.69. The van der Waals surface area contributed by atoms with E-state index in [1.165, 1.54) is 0 Å². The fourth-order valence-electron chi connectivity index (χ4n) is 2.07. The molecule has 0 aromatic heterocycles. The third kappa shape index (κ3) is 3.14. The molecular formula is C17H19ClO2. The molecule has 1 N–H and O–H groups in total. The Balaban J connectivity index is 2.40. The minimum absolute atomic E-state index is 0.0418. The second-order valence-corrected chi connectivity index (χ2v) is 5.57. The van der Waals surface area contributed by atoms with E-state index in [1.807, 2.05) is 43.3 Å². The molecule has 0 aliphatic heterocycles. The molecule has 0 aliphatic carbocycles. The molecule has 106 valence electrons. The highest BCUT2D eigenvalue weighted by molar-refractivity contribution is 6.31. The molecule has 3 heteroatoms. The second kappa shape index (κ2) is 6.29. The SMILES string of the molecule is Cc1cc(Cl)c(C(C)C)cc1Oc1ccccc1CO. The Morgan fingerprint density at radius 1 is 1.15 bits per heavy atom. The molecule has 20 heavy (non-hydrogen) atoms. The predicted molar refractivity (Wildman–Crippen MR) is 82.7 cm³/mol. The van der Waals surface area contributed by atoms with Crippen LogP contribution in [-0.2, 0) is 6.61 Å². The molecule has 0 bridgehead atoms. The van der Waals surface area contributed by atoms with Crippen LogP contribution in [0.5, 0.6) is 11.5 Å². The van der Waals surface area contributed by atoms with Gasteiger partial charge in [-0.1, -0.05) is 43.6 Å². The Kier molecular flexibility index (Phi) is 4.69. The van der Waals surface area contributed by atoms with Crippen molar-refractivity contribution in [3.8, 4) is 11.5 Å². The van der Waals surface area contributed by atoms with Crippen LogP contribution in [0.1, 0.15) is 36.5 Å². The van der Waals surface area contributed by atoms with E-state index in [-0.39, 0.29) is 6.61 Å². The van der Waals surface area contributed by atoms with Gasteiger partial charge in [0.05, 0.1) is 6.61 Å². The van der Waals surface area contributed by atoms with Crippen LogP contribution in [0.4, 0.5) is 0 Å². The Bertz CT molecular complexity index is 606. The van der Waals surface area contributed by atoms with E-state index in [9.17, 15) is 5.11 Å². The summed E-state index contributed by atoms with van der Waals surface area (Å²) < 4.78 is 5.96. The van der Waals surface area contributed by atoms with Crippen LogP contribution in [0.3, 0.4) is 0 Å². The normalized spacial score (nSPS) is 10.9. The van der Waals surface area contributed by atoms with Crippen LogP contribution in [0.2, 0.25) is 5.02 Å². The van der Waals surface area contributed by atoms with Gasteiger partial charge in [0.15, 0.2) is 0 Å². The lowest BCUT2D eigenvalue weighted by Crippen LogP contribution is -1.96. The zero-order chi connectivity index (χ0) is 14.7. The third-order valence-electron chi connectivity index (χ3n) is 3.28. The van der Waals surface area contributed by atoms with Gasteiger partial charge in [0.1, 0.15) is 11.5 Å². The minimum atomic E-state index is -0.0418. The molecule has 2 aromatic carbocycles. The van der Waals surface area contributed by atoms with Crippen molar-refractivity contribution in [1.82, 2.24) is 0 Å². The summed E-state index contributed by atoms with van der Waals surface area (Å²) in [7, 11) is 0. The summed E-state index contributed by atoms with van der Waals surface area (Å²) in [5, 5.41) is 10.1. The first-order chi connectivity index (χ1) is 9.52. The number of aliphatic hydroxyl groups excluding tert-OH is 1. The highest BCUT2D eigenvalue weighted by Gasteiger charge is 2.12. The topological polar surface area (TPSA) is 29.5 Å². The summed E-state index contributed by atoms with van der Waals surface area (Å²) in [6.45, 7) is 6.12. The molecule has 0 atom stereocenters. The molecular weight excluding hydrogens is 272 g/mol. The number of rotatable bonds is 4. The van der Waals surface area contributed by atoms with Crippen molar-refractivity contribution in [2.24, 2.45) is 0 Å². The van der Waals surface area contributed by atoms with E-state index in [2.05, 4.69) is 13.8 Å². The lowest BCUT2D eigenvalue weighted by atomic mass is 10.0. The lowest BCUT2D eigenvalue weighted by Gasteiger charge is -2.15. The maximum atomic E-state index is 9.35. The summed E-state index contributed by atoms with van der Waals surface area (Å²) in [4.78, 5) is 0. The first kappa shape index (κ1) is 14.9. The molecule has 2 rings (SSSR count). The Labute approximate surface area is 125 Å². The monoisotopic (exact) mass is 290 g/mol. The van der Waals surface area contributed by atoms with Gasteiger partial charge in [0.2, 0.25) is 0 Å². The lowest BCUT2D eigenvalue weighted by molar-refractivity contribution is 0.276. The summed E-state index contributed by atoms with van der Waals surface area (Å²) in [6, 6.07) is 11.4. The van der Waals surface area contributed by atoms with Crippen LogP contribution in [0, 0.1) is 6.92 Å². The Morgan fingerprint density at radius 2 is 1.85 bits per heavy atom. The number of hydrogen-bond acceptors (Lipinski definition) is 2. The van der Waals surface area contributed by atoms with Crippen LogP contribution >= 0.6 is 11.6 Å². The van der Waals surface area contributed by atoms with Gasteiger partial charge in [-0.05, 0) is 42.2 Å². The average molecular weight is 291 g/mol. The number of aliphatic hydroxyl groups is 1. The van der Waals surface area contributed by atoms with Gasteiger partial charge < -0.3 is 9.84 Å². The Morgan fingerprint density at radius 3 is 2.50 bits per heavy atom. The van der Waals surface area contributed by atoms with E-state index in [0.717, 1.165) is 27.5 Å². The molecule has 0 fully saturated rings. The summed E-state index contributed by atoms with van der Waals surface area (Å²) in [6.07, 6.45) is 0. The molecule has 0 spiro atoms. The smallest absolute Gasteiger partial charge is 0.132 e. The second-order valence-electron chi connectivity index (χ2n) is 5.16. The number of benzene rings is 2. The van der Waals surface area contributed by atoms with E-state index in [4.69, 9.17) is 16.3 Å². The highest BCUT2D eigenvalue weighted by atomic mass is 35.5. The van der Waals surface area contributed by atoms with Crippen molar-refractivity contribution in [1.29, 1.82) is 0 Å². The zero-order valence-corrected chi connectivity index (χ0v) is 12.7. The van der Waals surface area contributed by atoms with Gasteiger partial charge in [-0.25, -0.2) is 0 Å². The molecule has 0 amide bonds. The van der Waals surface area contributed by atoms with E-state index < -0.39 is 0 Å². The fraction of sp³-hybridized carbons (Fsp3) is 0.294. The van der Waals surface area contributed by atoms with Gasteiger partial charge in [-0.15, -0.1) is 0 Å². The largest absolute Gasteiger partial charge is 0.457 e. The maximum absolute atomic E-state index is 9.35. The average Bonchev–Trinajstić information content (AvgIpc) is 2.42. The fourth-order valence-corrected chi connectivity index (χ4v) is 2.51. The van der Waals surface area contributed by atoms with Crippen molar-refractivity contribution in [2.45, 2.75) is 33.3 Å². The zero-order valence-electron chi connectivity index (χ0n) is 12.0. The van der Waals surface area contributed by atoms with Gasteiger partial charge in [0, 0.05) is 10.6 Å². The van der Waals surface area contributed by atoms with Crippen molar-refractivity contribution in [3.63, 3.8) is 0 Å². The molecule has 0 saturated heterocycles. The van der Waals surface area contributed by atoms with E-state index >= 15 is 0 Å². The summed E-state index contributed by atoms with van der Waals surface area (Å²) in [5.41, 5.74) is 2.81. The maximum Gasteiger partial charge on any atom is 0.132 e. The molecule has 2 nitrogen and oxygen atoms in total. The number of hydrogen-bond donors (Lipinski definition) is 1. The molecule has 0 aliphatic rings. The van der Waals surface area contributed by atoms with Crippen LogP contribution in [-0.4, -0.2) is 5.11 Å². The van der Waals surface area contributed by atoms with Gasteiger partial charge in [0.25, 0.3) is 0 Å². The van der Waals surface area contributed by atoms with Gasteiger partial charge in [-0.2, -0.15) is 0 Å².